The molecule has 0 aliphatic carbocycles. The molecule has 18 heavy (non-hydrogen) atoms. The first-order valence-corrected chi connectivity index (χ1v) is 6.89. The monoisotopic (exact) mass is 247 g/mol. The summed E-state index contributed by atoms with van der Waals surface area (Å²) in [5, 5.41) is 13.5. The van der Waals surface area contributed by atoms with Crippen LogP contribution >= 0.6 is 0 Å². The minimum absolute atomic E-state index is 0.0491. The van der Waals surface area contributed by atoms with E-state index in [9.17, 15) is 5.11 Å². The molecule has 1 aromatic carbocycles. The third-order valence-electron chi connectivity index (χ3n) is 4.17. The molecule has 1 spiro atoms. The van der Waals surface area contributed by atoms with Crippen LogP contribution in [0, 0.1) is 0 Å². The van der Waals surface area contributed by atoms with Crippen LogP contribution in [0.3, 0.4) is 0 Å². The van der Waals surface area contributed by atoms with E-state index in [1.165, 1.54) is 5.56 Å². The minimum atomic E-state index is -0.234. The average molecular weight is 247 g/mol. The normalized spacial score (nSPS) is 31.4. The topological polar surface area (TPSA) is 41.5 Å². The van der Waals surface area contributed by atoms with E-state index in [1.54, 1.807) is 0 Å². The van der Waals surface area contributed by atoms with Gasteiger partial charge in [-0.3, -0.25) is 0 Å². The van der Waals surface area contributed by atoms with Crippen molar-refractivity contribution in [2.24, 2.45) is 0 Å². The zero-order chi connectivity index (χ0) is 12.4. The summed E-state index contributed by atoms with van der Waals surface area (Å²) in [4.78, 5) is 0. The smallest absolute Gasteiger partial charge is 0.0857 e. The predicted molar refractivity (Wildman–Crippen MR) is 70.3 cm³/mol. The fourth-order valence-electron chi connectivity index (χ4n) is 3.23. The second-order valence-electron chi connectivity index (χ2n) is 5.54. The Hall–Kier alpha value is -0.900. The Kier molecular flexibility index (Phi) is 3.37. The molecule has 2 heterocycles. The Morgan fingerprint density at radius 1 is 1.17 bits per heavy atom. The van der Waals surface area contributed by atoms with Crippen LogP contribution in [0.5, 0.6) is 0 Å². The van der Waals surface area contributed by atoms with Crippen LogP contribution < -0.4 is 5.32 Å². The van der Waals surface area contributed by atoms with Crippen molar-refractivity contribution in [3.8, 4) is 0 Å². The van der Waals surface area contributed by atoms with Crippen LogP contribution in [-0.4, -0.2) is 29.9 Å². The van der Waals surface area contributed by atoms with Crippen molar-refractivity contribution in [2.75, 3.05) is 13.1 Å². The van der Waals surface area contributed by atoms with Crippen molar-refractivity contribution in [3.63, 3.8) is 0 Å². The number of aliphatic hydroxyl groups is 1. The lowest BCUT2D eigenvalue weighted by Crippen LogP contribution is -2.49. The first-order chi connectivity index (χ1) is 8.77. The molecule has 0 radical (unpaired) electrons. The largest absolute Gasteiger partial charge is 0.393 e. The lowest BCUT2D eigenvalue weighted by molar-refractivity contribution is -0.175. The van der Waals surface area contributed by atoms with E-state index in [4.69, 9.17) is 4.74 Å². The van der Waals surface area contributed by atoms with Gasteiger partial charge in [-0.05, 0) is 31.5 Å². The second kappa shape index (κ2) is 5.00. The third-order valence-corrected chi connectivity index (χ3v) is 4.17. The zero-order valence-electron chi connectivity index (χ0n) is 10.6. The molecule has 2 N–H and O–H groups in total. The van der Waals surface area contributed by atoms with Gasteiger partial charge in [0.1, 0.15) is 0 Å². The van der Waals surface area contributed by atoms with Crippen LogP contribution in [-0.2, 0) is 4.74 Å². The summed E-state index contributed by atoms with van der Waals surface area (Å²) in [6, 6.07) is 10.3. The highest BCUT2D eigenvalue weighted by molar-refractivity contribution is 5.19. The molecule has 0 unspecified atom stereocenters. The molecule has 3 rings (SSSR count). The first-order valence-electron chi connectivity index (χ1n) is 6.89. The van der Waals surface area contributed by atoms with Gasteiger partial charge in [-0.1, -0.05) is 30.3 Å². The van der Waals surface area contributed by atoms with E-state index in [2.05, 4.69) is 17.4 Å². The van der Waals surface area contributed by atoms with Gasteiger partial charge in [-0.2, -0.15) is 0 Å². The first kappa shape index (κ1) is 12.2. The lowest BCUT2D eigenvalue weighted by Gasteiger charge is -2.46. The van der Waals surface area contributed by atoms with Gasteiger partial charge in [0.25, 0.3) is 0 Å². The number of hydrogen-bond donors (Lipinski definition) is 2. The maximum absolute atomic E-state index is 10.2. The number of piperidine rings is 1. The Labute approximate surface area is 108 Å². The molecule has 2 fully saturated rings. The molecule has 2 saturated heterocycles. The highest BCUT2D eigenvalue weighted by Crippen LogP contribution is 2.41. The zero-order valence-corrected chi connectivity index (χ0v) is 10.6. The van der Waals surface area contributed by atoms with Crippen molar-refractivity contribution in [3.05, 3.63) is 35.9 Å². The molecule has 2 aliphatic rings. The van der Waals surface area contributed by atoms with Gasteiger partial charge in [-0.15, -0.1) is 0 Å². The van der Waals surface area contributed by atoms with Gasteiger partial charge in [0.05, 0.1) is 17.8 Å². The average Bonchev–Trinajstić information content (AvgIpc) is 2.40. The molecule has 0 amide bonds. The maximum atomic E-state index is 10.2. The van der Waals surface area contributed by atoms with Crippen LogP contribution in [0.4, 0.5) is 0 Å². The highest BCUT2D eigenvalue weighted by Gasteiger charge is 2.42. The number of nitrogens with one attached hydrogen (secondary N) is 1. The molecule has 2 aliphatic heterocycles. The molecule has 0 bridgehead atoms. The van der Waals surface area contributed by atoms with Crippen molar-refractivity contribution in [1.82, 2.24) is 5.32 Å². The molecule has 2 atom stereocenters. The summed E-state index contributed by atoms with van der Waals surface area (Å²) >= 11 is 0. The lowest BCUT2D eigenvalue weighted by atomic mass is 9.81. The quantitative estimate of drug-likeness (QED) is 0.798. The van der Waals surface area contributed by atoms with Gasteiger partial charge >= 0.3 is 0 Å². The molecular weight excluding hydrogens is 226 g/mol. The van der Waals surface area contributed by atoms with E-state index in [0.29, 0.717) is 0 Å². The Balaban J connectivity index is 1.80. The van der Waals surface area contributed by atoms with Crippen molar-refractivity contribution >= 4 is 0 Å². The highest BCUT2D eigenvalue weighted by atomic mass is 16.5. The van der Waals surface area contributed by atoms with Crippen LogP contribution in [0.1, 0.15) is 37.4 Å². The molecular formula is C15H21NO2. The molecule has 3 heteroatoms. The molecule has 0 saturated carbocycles. The minimum Gasteiger partial charge on any atom is -0.393 e. The number of hydrogen-bond acceptors (Lipinski definition) is 3. The molecule has 1 aromatic rings. The predicted octanol–water partition coefficient (Wildman–Crippen LogP) is 2.02. The van der Waals surface area contributed by atoms with Gasteiger partial charge in [0.2, 0.25) is 0 Å². The van der Waals surface area contributed by atoms with Crippen molar-refractivity contribution in [2.45, 2.75) is 43.5 Å². The van der Waals surface area contributed by atoms with E-state index in [1.807, 2.05) is 18.2 Å². The molecule has 3 nitrogen and oxygen atoms in total. The molecule has 98 valence electrons. The summed E-state index contributed by atoms with van der Waals surface area (Å²) in [6.07, 6.45) is 3.34. The van der Waals surface area contributed by atoms with Crippen molar-refractivity contribution in [1.29, 1.82) is 0 Å². The Bertz CT molecular complexity index is 387. The number of benzene rings is 1. The SMILES string of the molecule is O[C@H]1C[C@H](c2ccccc2)OC2(CCNCC2)C1. The van der Waals surface area contributed by atoms with E-state index in [0.717, 1.165) is 38.8 Å². The van der Waals surface area contributed by atoms with Crippen LogP contribution in [0.2, 0.25) is 0 Å². The number of aliphatic hydroxyl groups excluding tert-OH is 1. The van der Waals surface area contributed by atoms with Crippen LogP contribution in [0.25, 0.3) is 0 Å². The number of ether oxygens (including phenoxy) is 1. The standard InChI is InChI=1S/C15H21NO2/c17-13-10-14(12-4-2-1-3-5-12)18-15(11-13)6-8-16-9-7-15/h1-5,13-14,16-17H,6-11H2/t13-,14+/m0/s1. The fourth-order valence-corrected chi connectivity index (χ4v) is 3.23. The summed E-state index contributed by atoms with van der Waals surface area (Å²) in [7, 11) is 0. The van der Waals surface area contributed by atoms with Gasteiger partial charge in [0, 0.05) is 12.8 Å². The Morgan fingerprint density at radius 2 is 1.89 bits per heavy atom. The van der Waals surface area contributed by atoms with Gasteiger partial charge < -0.3 is 15.2 Å². The van der Waals surface area contributed by atoms with Gasteiger partial charge in [0.15, 0.2) is 0 Å². The van der Waals surface area contributed by atoms with E-state index < -0.39 is 0 Å². The summed E-state index contributed by atoms with van der Waals surface area (Å²) in [6.45, 7) is 1.99. The third kappa shape index (κ3) is 2.44. The van der Waals surface area contributed by atoms with Crippen molar-refractivity contribution < 1.29 is 9.84 Å². The summed E-state index contributed by atoms with van der Waals surface area (Å²) < 4.78 is 6.37. The molecule has 0 aromatic heterocycles. The van der Waals surface area contributed by atoms with E-state index >= 15 is 0 Å². The second-order valence-corrected chi connectivity index (χ2v) is 5.54. The van der Waals surface area contributed by atoms with Gasteiger partial charge in [-0.25, -0.2) is 0 Å². The van der Waals surface area contributed by atoms with Crippen LogP contribution in [0.15, 0.2) is 30.3 Å². The summed E-state index contributed by atoms with van der Waals surface area (Å²) in [5.74, 6) is 0. The Morgan fingerprint density at radius 3 is 2.61 bits per heavy atom. The summed E-state index contributed by atoms with van der Waals surface area (Å²) in [5.41, 5.74) is 1.08. The van der Waals surface area contributed by atoms with E-state index in [-0.39, 0.29) is 17.8 Å². The fraction of sp³-hybridized carbons (Fsp3) is 0.600. The maximum Gasteiger partial charge on any atom is 0.0857 e. The number of rotatable bonds is 1.